The zero-order valence-corrected chi connectivity index (χ0v) is 13.1. The summed E-state index contributed by atoms with van der Waals surface area (Å²) in [6, 6.07) is 0. The first-order valence-electron chi connectivity index (χ1n) is 7.84. The predicted molar refractivity (Wildman–Crippen MR) is 84.5 cm³/mol. The standard InChI is InChI=1S/C15H23NO2.C2H6/c1-13-5-4-6-15(8-7-13)18-12-14(17)11-16-9-2-3-10-16;1-2/h4-8,13-14,17H,2-3,9-12H2,1H3;1-2H3. The van der Waals surface area contributed by atoms with Gasteiger partial charge in [0.05, 0.1) is 0 Å². The summed E-state index contributed by atoms with van der Waals surface area (Å²) in [4.78, 5) is 2.30. The number of β-amino-alcohol motifs (C(OH)–C–C–N with tert-alkyl or cyclic N) is 1. The summed E-state index contributed by atoms with van der Waals surface area (Å²) in [5.74, 6) is 1.27. The second-order valence-corrected chi connectivity index (χ2v) is 5.14. The number of hydrogen-bond acceptors (Lipinski definition) is 3. The van der Waals surface area contributed by atoms with Crippen LogP contribution in [0.3, 0.4) is 0 Å². The number of aliphatic hydroxyl groups is 1. The fourth-order valence-electron chi connectivity index (χ4n) is 2.30. The number of likely N-dealkylation sites (tertiary alicyclic amines) is 1. The van der Waals surface area contributed by atoms with Crippen LogP contribution in [0, 0.1) is 5.92 Å². The van der Waals surface area contributed by atoms with Gasteiger partial charge in [0, 0.05) is 6.54 Å². The molecule has 1 heterocycles. The van der Waals surface area contributed by atoms with Crippen LogP contribution in [0.4, 0.5) is 0 Å². The van der Waals surface area contributed by atoms with E-state index in [1.165, 1.54) is 12.8 Å². The Morgan fingerprint density at radius 3 is 2.70 bits per heavy atom. The summed E-state index contributed by atoms with van der Waals surface area (Å²) in [7, 11) is 0. The molecule has 0 bridgehead atoms. The van der Waals surface area contributed by atoms with Gasteiger partial charge in [-0.05, 0) is 44.0 Å². The third-order valence-electron chi connectivity index (χ3n) is 3.35. The summed E-state index contributed by atoms with van der Waals surface area (Å²) in [6.07, 6.45) is 12.3. The molecule has 1 aliphatic carbocycles. The van der Waals surface area contributed by atoms with Gasteiger partial charge in [0.15, 0.2) is 0 Å². The fourth-order valence-corrected chi connectivity index (χ4v) is 2.30. The van der Waals surface area contributed by atoms with Gasteiger partial charge in [0.2, 0.25) is 0 Å². The molecule has 2 aliphatic rings. The van der Waals surface area contributed by atoms with Gasteiger partial charge in [-0.2, -0.15) is 0 Å². The van der Waals surface area contributed by atoms with E-state index in [9.17, 15) is 5.11 Å². The van der Waals surface area contributed by atoms with Crippen LogP contribution in [0.5, 0.6) is 0 Å². The smallest absolute Gasteiger partial charge is 0.119 e. The molecule has 3 heteroatoms. The van der Waals surface area contributed by atoms with Crippen molar-refractivity contribution < 1.29 is 9.84 Å². The molecule has 1 aliphatic heterocycles. The minimum Gasteiger partial charge on any atom is -0.491 e. The first kappa shape index (κ1) is 17.0. The largest absolute Gasteiger partial charge is 0.491 e. The molecule has 20 heavy (non-hydrogen) atoms. The number of hydrogen-bond donors (Lipinski definition) is 1. The van der Waals surface area contributed by atoms with Crippen molar-refractivity contribution in [2.24, 2.45) is 5.92 Å². The Kier molecular flexibility index (Phi) is 8.31. The van der Waals surface area contributed by atoms with Gasteiger partial charge in [-0.25, -0.2) is 0 Å². The zero-order chi connectivity index (χ0) is 14.8. The van der Waals surface area contributed by atoms with E-state index in [0.717, 1.165) is 25.4 Å². The molecule has 2 rings (SSSR count). The van der Waals surface area contributed by atoms with Gasteiger partial charge < -0.3 is 14.7 Å². The second-order valence-electron chi connectivity index (χ2n) is 5.14. The van der Waals surface area contributed by atoms with Crippen LogP contribution < -0.4 is 0 Å². The highest BCUT2D eigenvalue weighted by atomic mass is 16.5. The Morgan fingerprint density at radius 2 is 2.00 bits per heavy atom. The van der Waals surface area contributed by atoms with Gasteiger partial charge in [-0.15, -0.1) is 0 Å². The Balaban J connectivity index is 0.000000956. The quantitative estimate of drug-likeness (QED) is 0.839. The van der Waals surface area contributed by atoms with Crippen LogP contribution in [-0.2, 0) is 4.74 Å². The maximum Gasteiger partial charge on any atom is 0.119 e. The first-order valence-corrected chi connectivity index (χ1v) is 7.84. The van der Waals surface area contributed by atoms with Crippen LogP contribution in [0.25, 0.3) is 0 Å². The molecule has 1 fully saturated rings. The highest BCUT2D eigenvalue weighted by molar-refractivity contribution is 5.24. The maximum atomic E-state index is 9.93. The molecular weight excluding hydrogens is 250 g/mol. The van der Waals surface area contributed by atoms with E-state index in [1.54, 1.807) is 0 Å². The number of rotatable bonds is 5. The van der Waals surface area contributed by atoms with Crippen LogP contribution in [-0.4, -0.2) is 42.4 Å². The molecule has 0 aromatic heterocycles. The number of allylic oxidation sites excluding steroid dienone is 5. The monoisotopic (exact) mass is 279 g/mol. The van der Waals surface area contributed by atoms with Gasteiger partial charge in [0.1, 0.15) is 18.5 Å². The molecule has 0 spiro atoms. The van der Waals surface area contributed by atoms with Gasteiger partial charge in [-0.1, -0.05) is 39.0 Å². The molecule has 0 radical (unpaired) electrons. The predicted octanol–water partition coefficient (Wildman–Crippen LogP) is 3.13. The lowest BCUT2D eigenvalue weighted by molar-refractivity contribution is 0.0516. The average molecular weight is 279 g/mol. The zero-order valence-electron chi connectivity index (χ0n) is 13.1. The number of ether oxygens (including phenoxy) is 1. The lowest BCUT2D eigenvalue weighted by Crippen LogP contribution is -2.32. The minimum atomic E-state index is -0.401. The van der Waals surface area contributed by atoms with Crippen LogP contribution in [0.15, 0.2) is 36.1 Å². The molecule has 2 unspecified atom stereocenters. The highest BCUT2D eigenvalue weighted by Crippen LogP contribution is 2.12. The van der Waals surface area contributed by atoms with E-state index in [-0.39, 0.29) is 0 Å². The summed E-state index contributed by atoms with van der Waals surface area (Å²) in [6.45, 7) is 9.45. The molecule has 1 N–H and O–H groups in total. The molecule has 0 aromatic carbocycles. The summed E-state index contributed by atoms with van der Waals surface area (Å²) in [5, 5.41) is 9.93. The lowest BCUT2D eigenvalue weighted by Gasteiger charge is -2.19. The van der Waals surface area contributed by atoms with Crippen LogP contribution in [0.2, 0.25) is 0 Å². The summed E-state index contributed by atoms with van der Waals surface area (Å²) < 4.78 is 5.63. The number of nitrogens with zero attached hydrogens (tertiary/aromatic N) is 1. The van der Waals surface area contributed by atoms with Crippen molar-refractivity contribution in [2.75, 3.05) is 26.2 Å². The van der Waals surface area contributed by atoms with Crippen LogP contribution in [0.1, 0.15) is 33.6 Å². The SMILES string of the molecule is CC.CC1C=CC=C(OCC(O)CN2CCCC2)C=C1. The van der Waals surface area contributed by atoms with E-state index in [4.69, 9.17) is 4.74 Å². The molecule has 0 saturated carbocycles. The van der Waals surface area contributed by atoms with Crippen LogP contribution >= 0.6 is 0 Å². The second kappa shape index (κ2) is 9.78. The van der Waals surface area contributed by atoms with Crippen molar-refractivity contribution >= 4 is 0 Å². The fraction of sp³-hybridized carbons (Fsp3) is 0.647. The van der Waals surface area contributed by atoms with Gasteiger partial charge in [0.25, 0.3) is 0 Å². The van der Waals surface area contributed by atoms with E-state index in [2.05, 4.69) is 24.0 Å². The third-order valence-corrected chi connectivity index (χ3v) is 3.35. The Bertz CT molecular complexity index is 341. The highest BCUT2D eigenvalue weighted by Gasteiger charge is 2.16. The Morgan fingerprint density at radius 1 is 1.30 bits per heavy atom. The van der Waals surface area contributed by atoms with Crippen molar-refractivity contribution in [1.29, 1.82) is 0 Å². The molecule has 3 nitrogen and oxygen atoms in total. The molecule has 0 amide bonds. The summed E-state index contributed by atoms with van der Waals surface area (Å²) in [5.41, 5.74) is 0. The Hall–Kier alpha value is -1.06. The number of aliphatic hydroxyl groups excluding tert-OH is 1. The first-order chi connectivity index (χ1) is 9.74. The Labute approximate surface area is 123 Å². The molecular formula is C17H29NO2. The molecule has 1 saturated heterocycles. The van der Waals surface area contributed by atoms with Crippen molar-refractivity contribution in [3.8, 4) is 0 Å². The molecule has 114 valence electrons. The average Bonchev–Trinajstić information content (AvgIpc) is 2.87. The van der Waals surface area contributed by atoms with Crippen molar-refractivity contribution in [3.63, 3.8) is 0 Å². The van der Waals surface area contributed by atoms with Crippen molar-refractivity contribution in [1.82, 2.24) is 4.90 Å². The summed E-state index contributed by atoms with van der Waals surface area (Å²) >= 11 is 0. The topological polar surface area (TPSA) is 32.7 Å². The maximum absolute atomic E-state index is 9.93. The molecule has 0 aromatic rings. The van der Waals surface area contributed by atoms with Crippen molar-refractivity contribution in [3.05, 3.63) is 36.1 Å². The minimum absolute atomic E-state index is 0.370. The van der Waals surface area contributed by atoms with Crippen molar-refractivity contribution in [2.45, 2.75) is 39.7 Å². The van der Waals surface area contributed by atoms with E-state index < -0.39 is 6.10 Å². The lowest BCUT2D eigenvalue weighted by atomic mass is 10.2. The van der Waals surface area contributed by atoms with Gasteiger partial charge >= 0.3 is 0 Å². The van der Waals surface area contributed by atoms with Gasteiger partial charge in [-0.3, -0.25) is 0 Å². The normalized spacial score (nSPS) is 23.6. The van der Waals surface area contributed by atoms with E-state index >= 15 is 0 Å². The molecule has 2 atom stereocenters. The van der Waals surface area contributed by atoms with E-state index in [0.29, 0.717) is 12.5 Å². The third kappa shape index (κ3) is 6.40. The van der Waals surface area contributed by atoms with E-state index in [1.807, 2.05) is 32.1 Å².